The number of hydrogen-bond acceptors (Lipinski definition) is 10. The first-order valence-corrected chi connectivity index (χ1v) is 15.3. The fourth-order valence-electron chi connectivity index (χ4n) is 5.30. The lowest BCUT2D eigenvalue weighted by molar-refractivity contribution is -0.113. The van der Waals surface area contributed by atoms with Gasteiger partial charge in [-0.1, -0.05) is 12.1 Å². The Bertz CT molecular complexity index is 1690. The Morgan fingerprint density at radius 2 is 1.31 bits per heavy atom. The number of anilines is 3. The van der Waals surface area contributed by atoms with E-state index in [2.05, 4.69) is 31.2 Å². The van der Waals surface area contributed by atoms with E-state index in [0.717, 1.165) is 0 Å². The lowest BCUT2D eigenvalue weighted by atomic mass is 9.79. The maximum absolute atomic E-state index is 14.0. The number of benzene rings is 3. The average molecular weight is 651 g/mol. The van der Waals surface area contributed by atoms with Gasteiger partial charge in [0.2, 0.25) is 0 Å². The lowest BCUT2D eigenvalue weighted by Gasteiger charge is -2.31. The monoisotopic (exact) mass is 650 g/mol. The van der Waals surface area contributed by atoms with Crippen LogP contribution in [-0.2, 0) is 9.59 Å². The van der Waals surface area contributed by atoms with Gasteiger partial charge >= 0.3 is 0 Å². The number of nitrogens with zero attached hydrogens (tertiary/aromatic N) is 2. The van der Waals surface area contributed by atoms with E-state index in [1.165, 1.54) is 0 Å². The average Bonchev–Trinajstić information content (AvgIpc) is 3.10. The van der Waals surface area contributed by atoms with Crippen LogP contribution in [0.1, 0.15) is 25.3 Å². The highest BCUT2D eigenvalue weighted by molar-refractivity contribution is 6.11. The second-order valence-corrected chi connectivity index (χ2v) is 11.0. The molecule has 4 aromatic rings. The molecule has 0 saturated heterocycles. The van der Waals surface area contributed by atoms with E-state index in [-0.39, 0.29) is 25.0 Å². The number of ether oxygens (including phenoxy) is 3. The topological polar surface area (TPSA) is 156 Å². The minimum atomic E-state index is -0.811. The Morgan fingerprint density at radius 3 is 1.79 bits per heavy atom. The van der Waals surface area contributed by atoms with Crippen LogP contribution in [0.5, 0.6) is 17.2 Å². The number of aliphatic hydroxyl groups is 1. The first kappa shape index (κ1) is 33.5. The number of carbonyl (C=O) groups excluding carboxylic acids is 2. The molecule has 48 heavy (non-hydrogen) atoms. The first-order chi connectivity index (χ1) is 23.2. The molecule has 248 valence electrons. The van der Waals surface area contributed by atoms with Crippen LogP contribution in [0.15, 0.2) is 114 Å². The van der Waals surface area contributed by atoms with E-state index >= 15 is 0 Å². The summed E-state index contributed by atoms with van der Waals surface area (Å²) >= 11 is 0. The molecule has 0 aliphatic carbocycles. The van der Waals surface area contributed by atoms with Crippen molar-refractivity contribution in [3.63, 3.8) is 0 Å². The second-order valence-electron chi connectivity index (χ2n) is 11.0. The van der Waals surface area contributed by atoms with Crippen molar-refractivity contribution in [2.75, 3.05) is 43.3 Å². The number of amides is 2. The fraction of sp³-hybridized carbons (Fsp3) is 0.222. The third-order valence-corrected chi connectivity index (χ3v) is 7.68. The number of hydrogen-bond donors (Lipinski definition) is 5. The standard InChI is InChI=1S/C36H38N6O6/c1-22-32(35(44)41-25-7-13-28(46-3)14-8-25)34(33(23(2)40-22)36(45)42-26-9-15-29(47-4)16-10-26)24-5-11-30(12-6-24)48-21-27(43)19-39-31-20-37-17-18-38-31/h5-18,20,27,34,40,43H,19,21H2,1-4H3,(H,38,39)(H,41,44)(H,42,45). The number of methoxy groups -OCH3 is 2. The Morgan fingerprint density at radius 1 is 0.792 bits per heavy atom. The number of dihydropyridines is 1. The van der Waals surface area contributed by atoms with Crippen LogP contribution < -0.4 is 35.5 Å². The van der Waals surface area contributed by atoms with Crippen LogP contribution >= 0.6 is 0 Å². The van der Waals surface area contributed by atoms with E-state index in [1.54, 1.807) is 93.5 Å². The SMILES string of the molecule is COc1ccc(NC(=O)C2=C(C)NC(C)=C(C(=O)Nc3ccc(OC)cc3)C2c2ccc(OCC(O)CNc3cnccn3)cc2)cc1. The number of allylic oxidation sites excluding steroid dienone is 2. The summed E-state index contributed by atoms with van der Waals surface area (Å²) < 4.78 is 16.3. The molecule has 0 saturated carbocycles. The summed E-state index contributed by atoms with van der Waals surface area (Å²) in [4.78, 5) is 36.0. The van der Waals surface area contributed by atoms with Gasteiger partial charge in [-0.05, 0) is 80.1 Å². The number of carbonyl (C=O) groups is 2. The van der Waals surface area contributed by atoms with Crippen LogP contribution in [-0.4, -0.2) is 60.4 Å². The van der Waals surface area contributed by atoms with E-state index in [9.17, 15) is 14.7 Å². The quantitative estimate of drug-likeness (QED) is 0.136. The third-order valence-electron chi connectivity index (χ3n) is 7.68. The Hall–Kier alpha value is -5.88. The summed E-state index contributed by atoms with van der Waals surface area (Å²) in [6, 6.07) is 21.2. The van der Waals surface area contributed by atoms with Crippen molar-refractivity contribution in [2.45, 2.75) is 25.9 Å². The minimum absolute atomic E-state index is 0.0308. The molecule has 1 aliphatic heterocycles. The molecule has 1 aromatic heterocycles. The van der Waals surface area contributed by atoms with Gasteiger partial charge in [0.15, 0.2) is 0 Å². The molecule has 5 rings (SSSR count). The molecule has 0 bridgehead atoms. The number of rotatable bonds is 13. The van der Waals surface area contributed by atoms with Crippen molar-refractivity contribution >= 4 is 29.0 Å². The van der Waals surface area contributed by atoms with E-state index < -0.39 is 12.0 Å². The van der Waals surface area contributed by atoms with Gasteiger partial charge in [-0.3, -0.25) is 14.6 Å². The molecule has 1 aliphatic rings. The van der Waals surface area contributed by atoms with Gasteiger partial charge in [-0.25, -0.2) is 4.98 Å². The van der Waals surface area contributed by atoms with Gasteiger partial charge in [-0.15, -0.1) is 0 Å². The van der Waals surface area contributed by atoms with Gasteiger partial charge < -0.3 is 40.6 Å². The number of aromatic nitrogens is 2. The van der Waals surface area contributed by atoms with Crippen molar-refractivity contribution in [3.8, 4) is 17.2 Å². The van der Waals surface area contributed by atoms with E-state index in [1.807, 2.05) is 26.0 Å². The first-order valence-electron chi connectivity index (χ1n) is 15.3. The van der Waals surface area contributed by atoms with Crippen molar-refractivity contribution < 1.29 is 28.9 Å². The van der Waals surface area contributed by atoms with Gasteiger partial charge in [0.05, 0.1) is 20.4 Å². The maximum atomic E-state index is 14.0. The summed E-state index contributed by atoms with van der Waals surface area (Å²) in [5, 5.41) is 22.6. The number of nitrogens with one attached hydrogen (secondary N) is 4. The zero-order valence-corrected chi connectivity index (χ0v) is 27.1. The highest BCUT2D eigenvalue weighted by Gasteiger charge is 2.36. The predicted octanol–water partition coefficient (Wildman–Crippen LogP) is 4.86. The van der Waals surface area contributed by atoms with E-state index in [4.69, 9.17) is 14.2 Å². The van der Waals surface area contributed by atoms with Gasteiger partial charge in [0.1, 0.15) is 35.8 Å². The summed E-state index contributed by atoms with van der Waals surface area (Å²) in [5.41, 5.74) is 3.85. The molecule has 2 amide bonds. The van der Waals surface area contributed by atoms with Gasteiger partial charge in [0.25, 0.3) is 11.8 Å². The zero-order valence-electron chi connectivity index (χ0n) is 27.1. The molecule has 0 radical (unpaired) electrons. The predicted molar refractivity (Wildman–Crippen MR) is 183 cm³/mol. The molecule has 12 nitrogen and oxygen atoms in total. The molecule has 12 heteroatoms. The smallest absolute Gasteiger partial charge is 0.254 e. The van der Waals surface area contributed by atoms with Crippen LogP contribution in [0.2, 0.25) is 0 Å². The van der Waals surface area contributed by atoms with Crippen molar-refractivity contribution in [1.82, 2.24) is 15.3 Å². The van der Waals surface area contributed by atoms with E-state index in [0.29, 0.717) is 62.5 Å². The molecule has 0 fully saturated rings. The normalized spacial score (nSPS) is 13.7. The molecule has 3 aromatic carbocycles. The minimum Gasteiger partial charge on any atom is -0.497 e. The third kappa shape index (κ3) is 8.28. The van der Waals surface area contributed by atoms with Crippen molar-refractivity contribution in [3.05, 3.63) is 119 Å². The zero-order chi connectivity index (χ0) is 34.0. The van der Waals surface area contributed by atoms with Crippen molar-refractivity contribution in [1.29, 1.82) is 0 Å². The summed E-state index contributed by atoms with van der Waals surface area (Å²) in [7, 11) is 3.15. The van der Waals surface area contributed by atoms with Crippen LogP contribution in [0.3, 0.4) is 0 Å². The van der Waals surface area contributed by atoms with Gasteiger partial charge in [-0.2, -0.15) is 0 Å². The molecule has 2 heterocycles. The van der Waals surface area contributed by atoms with Crippen LogP contribution in [0, 0.1) is 0 Å². The molecule has 0 spiro atoms. The number of aliphatic hydroxyl groups excluding tert-OH is 1. The van der Waals surface area contributed by atoms with Crippen LogP contribution in [0.4, 0.5) is 17.2 Å². The molecule has 5 N–H and O–H groups in total. The summed E-state index contributed by atoms with van der Waals surface area (Å²) in [5.74, 6) is 0.933. The molecular formula is C36H38N6O6. The lowest BCUT2D eigenvalue weighted by Crippen LogP contribution is -2.35. The summed E-state index contributed by atoms with van der Waals surface area (Å²) in [6.45, 7) is 3.87. The highest BCUT2D eigenvalue weighted by atomic mass is 16.5. The maximum Gasteiger partial charge on any atom is 0.254 e. The fourth-order valence-corrected chi connectivity index (χ4v) is 5.30. The molecule has 1 atom stereocenters. The Labute approximate surface area is 278 Å². The highest BCUT2D eigenvalue weighted by Crippen LogP contribution is 2.40. The Kier molecular flexibility index (Phi) is 10.9. The second kappa shape index (κ2) is 15.6. The van der Waals surface area contributed by atoms with Gasteiger partial charge in [0, 0.05) is 58.8 Å². The van der Waals surface area contributed by atoms with Crippen LogP contribution in [0.25, 0.3) is 0 Å². The largest absolute Gasteiger partial charge is 0.497 e. The van der Waals surface area contributed by atoms with Crippen molar-refractivity contribution in [2.24, 2.45) is 0 Å². The Balaban J connectivity index is 1.39. The molecule has 1 unspecified atom stereocenters. The summed E-state index contributed by atoms with van der Waals surface area (Å²) in [6.07, 6.45) is 3.88. The molecular weight excluding hydrogens is 612 g/mol.